The number of anilines is 2. The number of nitrogens with two attached hydrogens (primary N) is 1. The van der Waals surface area contributed by atoms with Crippen LogP contribution in [0.4, 0.5) is 11.4 Å². The van der Waals surface area contributed by atoms with Gasteiger partial charge in [0.05, 0.1) is 40.9 Å². The Balaban J connectivity index is 1.41. The van der Waals surface area contributed by atoms with Crippen molar-refractivity contribution >= 4 is 28.6 Å². The van der Waals surface area contributed by atoms with Crippen LogP contribution in [-0.4, -0.2) is 54.1 Å². The number of benzene rings is 1. The first-order valence-corrected chi connectivity index (χ1v) is 11.4. The van der Waals surface area contributed by atoms with Crippen molar-refractivity contribution in [2.45, 2.75) is 12.8 Å². The number of piperidine rings is 1. The van der Waals surface area contributed by atoms with Crippen LogP contribution in [0, 0.1) is 5.92 Å². The highest BCUT2D eigenvalue weighted by Gasteiger charge is 2.31. The summed E-state index contributed by atoms with van der Waals surface area (Å²) in [6.07, 6.45) is 5.31. The van der Waals surface area contributed by atoms with E-state index in [2.05, 4.69) is 16.9 Å². The standard InChI is InChI=1S/C23H25N5O2S/c1-27-6-4-15(5-7-27)23(29)28-8-9-30-21-10-16(2-3-20(21)28)18-12-25-13-19(26-18)22-11-17(24)14-31-22/h2-3,10-15H,4-9,24H2,1H3. The first-order chi connectivity index (χ1) is 15.1. The number of ether oxygens (including phenoxy) is 1. The van der Waals surface area contributed by atoms with Crippen LogP contribution in [0.2, 0.25) is 0 Å². The summed E-state index contributed by atoms with van der Waals surface area (Å²) in [5.74, 6) is 1.02. The van der Waals surface area contributed by atoms with Gasteiger partial charge in [0.25, 0.3) is 0 Å². The lowest BCUT2D eigenvalue weighted by atomic mass is 9.95. The number of fused-ring (bicyclic) bond motifs is 1. The van der Waals surface area contributed by atoms with Gasteiger partial charge >= 0.3 is 0 Å². The molecular formula is C23H25N5O2S. The van der Waals surface area contributed by atoms with Crippen LogP contribution in [0.3, 0.4) is 0 Å². The molecule has 2 N–H and O–H groups in total. The monoisotopic (exact) mass is 435 g/mol. The van der Waals surface area contributed by atoms with Crippen molar-refractivity contribution in [1.82, 2.24) is 14.9 Å². The van der Waals surface area contributed by atoms with Gasteiger partial charge in [0.1, 0.15) is 12.4 Å². The van der Waals surface area contributed by atoms with Gasteiger partial charge in [-0.3, -0.25) is 9.78 Å². The molecule has 1 amide bonds. The fraction of sp³-hybridized carbons (Fsp3) is 0.348. The fourth-order valence-corrected chi connectivity index (χ4v) is 4.95. The van der Waals surface area contributed by atoms with Gasteiger partial charge in [-0.15, -0.1) is 11.3 Å². The summed E-state index contributed by atoms with van der Waals surface area (Å²) < 4.78 is 5.92. The molecule has 0 saturated carbocycles. The SMILES string of the molecule is CN1CCC(C(=O)N2CCOc3cc(-c4cncc(-c5cc(N)cs5)n4)ccc32)CC1. The quantitative estimate of drug-likeness (QED) is 0.678. The number of hydrogen-bond acceptors (Lipinski definition) is 7. The lowest BCUT2D eigenvalue weighted by molar-refractivity contribution is -0.124. The molecule has 0 aliphatic carbocycles. The molecule has 160 valence electrons. The predicted molar refractivity (Wildman–Crippen MR) is 123 cm³/mol. The molecule has 3 aromatic rings. The predicted octanol–water partition coefficient (Wildman–Crippen LogP) is 3.52. The summed E-state index contributed by atoms with van der Waals surface area (Å²) >= 11 is 1.55. The third kappa shape index (κ3) is 4.00. The van der Waals surface area contributed by atoms with E-state index in [0.717, 1.165) is 64.9 Å². The zero-order valence-corrected chi connectivity index (χ0v) is 18.3. The van der Waals surface area contributed by atoms with Crippen LogP contribution < -0.4 is 15.4 Å². The third-order valence-electron chi connectivity index (χ3n) is 5.96. The number of carbonyl (C=O) groups is 1. The number of aromatic nitrogens is 2. The Labute approximate surface area is 185 Å². The van der Waals surface area contributed by atoms with E-state index in [-0.39, 0.29) is 11.8 Å². The van der Waals surface area contributed by atoms with Crippen molar-refractivity contribution in [2.24, 2.45) is 5.92 Å². The number of rotatable bonds is 3. The highest BCUT2D eigenvalue weighted by atomic mass is 32.1. The van der Waals surface area contributed by atoms with E-state index in [1.165, 1.54) is 0 Å². The summed E-state index contributed by atoms with van der Waals surface area (Å²) in [5, 5.41) is 1.90. The number of hydrogen-bond donors (Lipinski definition) is 1. The van der Waals surface area contributed by atoms with Crippen LogP contribution in [0.1, 0.15) is 12.8 Å². The van der Waals surface area contributed by atoms with Crippen LogP contribution in [0.25, 0.3) is 21.8 Å². The van der Waals surface area contributed by atoms with Crippen molar-refractivity contribution in [3.8, 4) is 27.6 Å². The Bertz CT molecular complexity index is 1110. The summed E-state index contributed by atoms with van der Waals surface area (Å²) in [6.45, 7) is 3.02. The fourth-order valence-electron chi connectivity index (χ4n) is 4.19. The van der Waals surface area contributed by atoms with Gasteiger partial charge in [0.15, 0.2) is 0 Å². The van der Waals surface area contributed by atoms with E-state index in [0.29, 0.717) is 13.2 Å². The lowest BCUT2D eigenvalue weighted by Gasteiger charge is -2.35. The molecule has 1 saturated heterocycles. The van der Waals surface area contributed by atoms with E-state index in [1.807, 2.05) is 34.5 Å². The molecule has 0 radical (unpaired) electrons. The van der Waals surface area contributed by atoms with E-state index < -0.39 is 0 Å². The molecule has 1 aromatic carbocycles. The first kappa shape index (κ1) is 20.0. The second-order valence-corrected chi connectivity index (χ2v) is 9.04. The highest BCUT2D eigenvalue weighted by molar-refractivity contribution is 7.14. The Kier molecular flexibility index (Phi) is 5.33. The molecular weight excluding hydrogens is 410 g/mol. The van der Waals surface area contributed by atoms with Gasteiger partial charge in [-0.1, -0.05) is 6.07 Å². The largest absolute Gasteiger partial charge is 0.490 e. The van der Waals surface area contributed by atoms with Gasteiger partial charge < -0.3 is 20.3 Å². The molecule has 31 heavy (non-hydrogen) atoms. The van der Waals surface area contributed by atoms with E-state index >= 15 is 0 Å². The number of thiophene rings is 1. The summed E-state index contributed by atoms with van der Waals surface area (Å²) in [6, 6.07) is 7.81. The van der Waals surface area contributed by atoms with Gasteiger partial charge in [-0.2, -0.15) is 0 Å². The lowest BCUT2D eigenvalue weighted by Crippen LogP contribution is -2.44. The zero-order valence-electron chi connectivity index (χ0n) is 17.5. The number of amides is 1. The van der Waals surface area contributed by atoms with Crippen molar-refractivity contribution in [2.75, 3.05) is 43.9 Å². The third-order valence-corrected chi connectivity index (χ3v) is 6.93. The van der Waals surface area contributed by atoms with Gasteiger partial charge in [-0.25, -0.2) is 4.98 Å². The Hall–Kier alpha value is -2.97. The van der Waals surface area contributed by atoms with Crippen molar-refractivity contribution in [1.29, 1.82) is 0 Å². The van der Waals surface area contributed by atoms with Crippen LogP contribution in [0.5, 0.6) is 5.75 Å². The molecule has 0 bridgehead atoms. The summed E-state index contributed by atoms with van der Waals surface area (Å²) in [4.78, 5) is 27.5. The summed E-state index contributed by atoms with van der Waals surface area (Å²) in [5.41, 5.74) is 9.87. The smallest absolute Gasteiger partial charge is 0.230 e. The number of carbonyl (C=O) groups excluding carboxylic acids is 1. The minimum atomic E-state index is 0.0857. The van der Waals surface area contributed by atoms with Crippen molar-refractivity contribution in [3.63, 3.8) is 0 Å². The Morgan fingerprint density at radius 1 is 1.16 bits per heavy atom. The zero-order chi connectivity index (χ0) is 21.4. The normalized spacial score (nSPS) is 17.3. The van der Waals surface area contributed by atoms with Crippen molar-refractivity contribution < 1.29 is 9.53 Å². The maximum atomic E-state index is 13.2. The van der Waals surface area contributed by atoms with Crippen LogP contribution in [0.15, 0.2) is 42.0 Å². The number of likely N-dealkylation sites (tertiary alicyclic amines) is 1. The van der Waals surface area contributed by atoms with Crippen LogP contribution in [-0.2, 0) is 4.79 Å². The van der Waals surface area contributed by atoms with Crippen molar-refractivity contribution in [3.05, 3.63) is 42.0 Å². The number of nitrogen functional groups attached to an aromatic ring is 1. The average molecular weight is 436 g/mol. The molecule has 2 aliphatic rings. The second-order valence-electron chi connectivity index (χ2n) is 8.13. The molecule has 0 unspecified atom stereocenters. The minimum absolute atomic E-state index is 0.0857. The topological polar surface area (TPSA) is 84.6 Å². The van der Waals surface area contributed by atoms with Crippen LogP contribution >= 0.6 is 11.3 Å². The maximum absolute atomic E-state index is 13.2. The number of nitrogens with zero attached hydrogens (tertiary/aromatic N) is 4. The van der Waals surface area contributed by atoms with Gasteiger partial charge in [0.2, 0.25) is 5.91 Å². The van der Waals surface area contributed by atoms with E-state index in [9.17, 15) is 4.79 Å². The molecule has 8 heteroatoms. The van der Waals surface area contributed by atoms with E-state index in [4.69, 9.17) is 15.5 Å². The Morgan fingerprint density at radius 2 is 1.97 bits per heavy atom. The summed E-state index contributed by atoms with van der Waals surface area (Å²) in [7, 11) is 2.11. The molecule has 0 atom stereocenters. The second kappa shape index (κ2) is 8.28. The average Bonchev–Trinajstić information content (AvgIpc) is 3.25. The molecule has 0 spiro atoms. The first-order valence-electron chi connectivity index (χ1n) is 10.5. The van der Waals surface area contributed by atoms with Gasteiger partial charge in [0, 0.05) is 22.5 Å². The Morgan fingerprint density at radius 3 is 2.74 bits per heavy atom. The highest BCUT2D eigenvalue weighted by Crippen LogP contribution is 2.37. The van der Waals surface area contributed by atoms with E-state index in [1.54, 1.807) is 23.7 Å². The maximum Gasteiger partial charge on any atom is 0.230 e. The molecule has 5 rings (SSSR count). The molecule has 1 fully saturated rings. The molecule has 2 aromatic heterocycles. The molecule has 7 nitrogen and oxygen atoms in total. The molecule has 2 aliphatic heterocycles. The minimum Gasteiger partial charge on any atom is -0.490 e. The molecule has 4 heterocycles. The van der Waals surface area contributed by atoms with Gasteiger partial charge in [-0.05, 0) is 51.2 Å².